The van der Waals surface area contributed by atoms with Crippen molar-refractivity contribution in [2.75, 3.05) is 13.1 Å². The van der Waals surface area contributed by atoms with Crippen molar-refractivity contribution in [1.82, 2.24) is 19.7 Å². The Morgan fingerprint density at radius 1 is 1.08 bits per heavy atom. The smallest absolute Gasteiger partial charge is 0.254 e. The van der Waals surface area contributed by atoms with Crippen molar-refractivity contribution in [2.24, 2.45) is 0 Å². The summed E-state index contributed by atoms with van der Waals surface area (Å²) in [4.78, 5) is 15.1. The van der Waals surface area contributed by atoms with Gasteiger partial charge in [-0.3, -0.25) is 4.79 Å². The highest BCUT2D eigenvalue weighted by molar-refractivity contribution is 5.95. The fourth-order valence-corrected chi connectivity index (χ4v) is 4.41. The zero-order valence-corrected chi connectivity index (χ0v) is 15.9. The molecule has 5 heteroatoms. The van der Waals surface area contributed by atoms with E-state index in [1.54, 1.807) is 0 Å². The van der Waals surface area contributed by atoms with Gasteiger partial charge in [0.1, 0.15) is 11.6 Å². The first-order valence-corrected chi connectivity index (χ1v) is 9.92. The zero-order valence-electron chi connectivity index (χ0n) is 15.9. The molecule has 1 fully saturated rings. The lowest BCUT2D eigenvalue weighted by molar-refractivity contribution is 0.0702. The molecule has 2 aromatic rings. The van der Waals surface area contributed by atoms with E-state index in [9.17, 15) is 4.79 Å². The van der Waals surface area contributed by atoms with Gasteiger partial charge in [-0.25, -0.2) is 0 Å². The molecule has 138 valence electrons. The molecule has 5 nitrogen and oxygen atoms in total. The number of benzene rings is 1. The summed E-state index contributed by atoms with van der Waals surface area (Å²) < 4.78 is 2.34. The molecular weight excluding hydrogens is 324 g/mol. The van der Waals surface area contributed by atoms with Crippen LogP contribution < -0.4 is 0 Å². The molecule has 1 amide bonds. The summed E-state index contributed by atoms with van der Waals surface area (Å²) in [7, 11) is 0. The van der Waals surface area contributed by atoms with E-state index in [1.165, 1.54) is 24.8 Å². The molecule has 1 unspecified atom stereocenters. The molecule has 0 saturated carbocycles. The lowest BCUT2D eigenvalue weighted by atomic mass is 9.95. The summed E-state index contributed by atoms with van der Waals surface area (Å²) >= 11 is 0. The number of nitrogens with zero attached hydrogens (tertiary/aromatic N) is 4. The number of amides is 1. The maximum Gasteiger partial charge on any atom is 0.254 e. The van der Waals surface area contributed by atoms with Crippen LogP contribution in [0.5, 0.6) is 0 Å². The fraction of sp³-hybridized carbons (Fsp3) is 0.571. The minimum atomic E-state index is 0.155. The Morgan fingerprint density at radius 3 is 2.81 bits per heavy atom. The first kappa shape index (κ1) is 17.3. The number of likely N-dealkylation sites (tertiary alicyclic amines) is 1. The lowest BCUT2D eigenvalue weighted by Gasteiger charge is -2.33. The second-order valence-corrected chi connectivity index (χ2v) is 7.85. The van der Waals surface area contributed by atoms with Gasteiger partial charge in [0, 0.05) is 37.5 Å². The van der Waals surface area contributed by atoms with Crippen molar-refractivity contribution in [3.8, 4) is 0 Å². The van der Waals surface area contributed by atoms with E-state index in [4.69, 9.17) is 0 Å². The quantitative estimate of drug-likeness (QED) is 0.829. The van der Waals surface area contributed by atoms with Gasteiger partial charge in [0.25, 0.3) is 5.91 Å². The van der Waals surface area contributed by atoms with Gasteiger partial charge in [-0.1, -0.05) is 24.1 Å². The minimum Gasteiger partial charge on any atom is -0.338 e. The number of piperidine rings is 1. The van der Waals surface area contributed by atoms with E-state index in [1.807, 2.05) is 24.0 Å². The number of aromatic nitrogens is 3. The van der Waals surface area contributed by atoms with Crippen LogP contribution >= 0.6 is 0 Å². The molecule has 1 atom stereocenters. The number of fused-ring (bicyclic) bond motifs is 1. The third-order valence-electron chi connectivity index (χ3n) is 5.82. The number of carbonyl (C=O) groups is 1. The van der Waals surface area contributed by atoms with Crippen molar-refractivity contribution in [1.29, 1.82) is 0 Å². The first-order valence-electron chi connectivity index (χ1n) is 9.92. The summed E-state index contributed by atoms with van der Waals surface area (Å²) in [6.07, 6.45) is 6.84. The standard InChI is InChI=1S/C21H28N4O/c1-15-9-10-18(16(2)13-15)21(26)24-11-6-7-17(14-24)20-23-22-19-8-4-3-5-12-25(19)20/h9-10,13,17H,3-8,11-12,14H2,1-2H3. The zero-order chi connectivity index (χ0) is 18.1. The van der Waals surface area contributed by atoms with E-state index in [2.05, 4.69) is 27.8 Å². The summed E-state index contributed by atoms with van der Waals surface area (Å²) in [6.45, 7) is 6.71. The molecule has 1 saturated heterocycles. The van der Waals surface area contributed by atoms with Crippen molar-refractivity contribution in [3.63, 3.8) is 0 Å². The van der Waals surface area contributed by atoms with Crippen LogP contribution in [0.3, 0.4) is 0 Å². The number of carbonyl (C=O) groups excluding carboxylic acids is 1. The molecule has 1 aromatic carbocycles. The number of hydrogen-bond acceptors (Lipinski definition) is 3. The molecule has 3 heterocycles. The summed E-state index contributed by atoms with van der Waals surface area (Å²) in [5.41, 5.74) is 3.09. The second kappa shape index (κ2) is 7.22. The second-order valence-electron chi connectivity index (χ2n) is 7.85. The molecule has 26 heavy (non-hydrogen) atoms. The Balaban J connectivity index is 1.54. The summed E-state index contributed by atoms with van der Waals surface area (Å²) in [5.74, 6) is 2.69. The predicted octanol–water partition coefficient (Wildman–Crippen LogP) is 3.64. The van der Waals surface area contributed by atoms with Crippen molar-refractivity contribution >= 4 is 5.91 Å². The summed E-state index contributed by atoms with van der Waals surface area (Å²) in [5, 5.41) is 8.99. The van der Waals surface area contributed by atoms with Crippen LogP contribution in [-0.4, -0.2) is 38.7 Å². The van der Waals surface area contributed by atoms with Gasteiger partial charge in [0.05, 0.1) is 0 Å². The van der Waals surface area contributed by atoms with Crippen LogP contribution in [-0.2, 0) is 13.0 Å². The van der Waals surface area contributed by atoms with Crippen molar-refractivity contribution in [2.45, 2.75) is 64.8 Å². The molecule has 4 rings (SSSR count). The summed E-state index contributed by atoms with van der Waals surface area (Å²) in [6, 6.07) is 6.09. The third kappa shape index (κ3) is 3.27. The first-order chi connectivity index (χ1) is 12.6. The van der Waals surface area contributed by atoms with E-state index in [-0.39, 0.29) is 5.91 Å². The molecule has 0 radical (unpaired) electrons. The van der Waals surface area contributed by atoms with E-state index in [0.29, 0.717) is 5.92 Å². The lowest BCUT2D eigenvalue weighted by Crippen LogP contribution is -2.40. The average Bonchev–Trinajstić information content (AvgIpc) is 2.90. The highest BCUT2D eigenvalue weighted by Crippen LogP contribution is 2.29. The highest BCUT2D eigenvalue weighted by Gasteiger charge is 2.30. The van der Waals surface area contributed by atoms with E-state index in [0.717, 1.165) is 61.7 Å². The Labute approximate surface area is 155 Å². The number of rotatable bonds is 2. The fourth-order valence-electron chi connectivity index (χ4n) is 4.41. The molecule has 0 N–H and O–H groups in total. The molecule has 2 aliphatic heterocycles. The molecule has 2 aliphatic rings. The van der Waals surface area contributed by atoms with Gasteiger partial charge in [-0.05, 0) is 51.2 Å². The average molecular weight is 352 g/mol. The van der Waals surface area contributed by atoms with Gasteiger partial charge in [-0.15, -0.1) is 10.2 Å². The van der Waals surface area contributed by atoms with Gasteiger partial charge in [-0.2, -0.15) is 0 Å². The maximum absolute atomic E-state index is 13.1. The third-order valence-corrected chi connectivity index (χ3v) is 5.82. The minimum absolute atomic E-state index is 0.155. The van der Waals surface area contributed by atoms with Gasteiger partial charge in [0.15, 0.2) is 0 Å². The van der Waals surface area contributed by atoms with Crippen LogP contribution in [0, 0.1) is 13.8 Å². The Morgan fingerprint density at radius 2 is 1.96 bits per heavy atom. The topological polar surface area (TPSA) is 51.0 Å². The van der Waals surface area contributed by atoms with E-state index >= 15 is 0 Å². The monoisotopic (exact) mass is 352 g/mol. The molecule has 0 bridgehead atoms. The molecule has 1 aromatic heterocycles. The van der Waals surface area contributed by atoms with Crippen LogP contribution in [0.4, 0.5) is 0 Å². The largest absolute Gasteiger partial charge is 0.338 e. The van der Waals surface area contributed by atoms with Crippen molar-refractivity contribution in [3.05, 3.63) is 46.5 Å². The number of aryl methyl sites for hydroxylation is 3. The molecular formula is C21H28N4O. The normalized spacial score (nSPS) is 20.5. The van der Waals surface area contributed by atoms with E-state index < -0.39 is 0 Å². The van der Waals surface area contributed by atoms with Crippen molar-refractivity contribution < 1.29 is 4.79 Å². The Hall–Kier alpha value is -2.17. The van der Waals surface area contributed by atoms with Gasteiger partial charge in [0.2, 0.25) is 0 Å². The van der Waals surface area contributed by atoms with Crippen LogP contribution in [0.15, 0.2) is 18.2 Å². The Kier molecular flexibility index (Phi) is 4.79. The molecule has 0 spiro atoms. The SMILES string of the molecule is Cc1ccc(C(=O)N2CCCC(c3nnc4n3CCCCC4)C2)c(C)c1. The molecule has 0 aliphatic carbocycles. The van der Waals surface area contributed by atoms with Crippen LogP contribution in [0.25, 0.3) is 0 Å². The van der Waals surface area contributed by atoms with Crippen LogP contribution in [0.2, 0.25) is 0 Å². The van der Waals surface area contributed by atoms with Gasteiger partial charge >= 0.3 is 0 Å². The highest BCUT2D eigenvalue weighted by atomic mass is 16.2. The van der Waals surface area contributed by atoms with Crippen LogP contribution in [0.1, 0.15) is 71.2 Å². The number of hydrogen-bond donors (Lipinski definition) is 0. The Bertz CT molecular complexity index is 810. The van der Waals surface area contributed by atoms with Gasteiger partial charge < -0.3 is 9.47 Å². The predicted molar refractivity (Wildman–Crippen MR) is 101 cm³/mol. The maximum atomic E-state index is 13.1.